The predicted octanol–water partition coefficient (Wildman–Crippen LogP) is -1.25. The molecule has 0 unspecified atom stereocenters. The van der Waals surface area contributed by atoms with Gasteiger partial charge < -0.3 is 12.4 Å². The van der Waals surface area contributed by atoms with Crippen LogP contribution in [0.5, 0.6) is 0 Å². The third-order valence-corrected chi connectivity index (χ3v) is 2.60. The maximum absolute atomic E-state index is 11.9. The molecule has 4 heteroatoms. The zero-order chi connectivity index (χ0) is 11.4. The Labute approximate surface area is 107 Å². The van der Waals surface area contributed by atoms with Gasteiger partial charge in [-0.25, -0.2) is 9.55 Å². The molecule has 3 nitrogen and oxygen atoms in total. The van der Waals surface area contributed by atoms with Crippen molar-refractivity contribution in [1.29, 1.82) is 0 Å². The first-order valence-corrected chi connectivity index (χ1v) is 5.45. The van der Waals surface area contributed by atoms with E-state index in [1.165, 1.54) is 0 Å². The molecule has 0 radical (unpaired) electrons. The quantitative estimate of drug-likeness (QED) is 0.535. The highest BCUT2D eigenvalue weighted by Gasteiger charge is 2.13. The highest BCUT2D eigenvalue weighted by molar-refractivity contribution is 5.94. The minimum absolute atomic E-state index is 0. The van der Waals surface area contributed by atoms with Crippen molar-refractivity contribution in [2.24, 2.45) is 0 Å². The number of carbonyl (C=O) groups excluding carboxylic acids is 1. The number of benzene rings is 1. The molecule has 0 aliphatic carbocycles. The van der Waals surface area contributed by atoms with Gasteiger partial charge in [-0.1, -0.05) is 37.3 Å². The third-order valence-electron chi connectivity index (χ3n) is 2.60. The van der Waals surface area contributed by atoms with Crippen molar-refractivity contribution < 1.29 is 21.8 Å². The Balaban J connectivity index is 0.00000144. The Kier molecular flexibility index (Phi) is 4.91. The number of halogens is 1. The molecule has 0 aliphatic rings. The van der Waals surface area contributed by atoms with Gasteiger partial charge in [0.25, 0.3) is 5.82 Å². The Bertz CT molecular complexity index is 479. The van der Waals surface area contributed by atoms with Crippen LogP contribution in [-0.2, 0) is 13.0 Å². The van der Waals surface area contributed by atoms with Crippen molar-refractivity contribution in [3.8, 4) is 0 Å². The molecule has 0 bridgehead atoms. The monoisotopic (exact) mass is 250 g/mol. The number of nitrogens with one attached hydrogen (secondary N) is 1. The first kappa shape index (κ1) is 13.5. The van der Waals surface area contributed by atoms with Crippen LogP contribution in [-0.4, -0.2) is 10.8 Å². The highest BCUT2D eigenvalue weighted by atomic mass is 35.5. The molecule has 0 fully saturated rings. The van der Waals surface area contributed by atoms with Gasteiger partial charge in [0.2, 0.25) is 5.78 Å². The fourth-order valence-electron chi connectivity index (χ4n) is 1.72. The van der Waals surface area contributed by atoms with Crippen LogP contribution >= 0.6 is 0 Å². The lowest BCUT2D eigenvalue weighted by Crippen LogP contribution is -3.00. The number of ketones is 1. The predicted molar refractivity (Wildman–Crippen MR) is 61.1 cm³/mol. The Morgan fingerprint density at radius 2 is 2.00 bits per heavy atom. The number of nitrogens with zero attached hydrogens (tertiary/aromatic N) is 1. The number of hydrogen-bond donors (Lipinski definition) is 1. The van der Waals surface area contributed by atoms with Gasteiger partial charge in [-0.3, -0.25) is 4.79 Å². The molecule has 0 atom stereocenters. The molecule has 1 aromatic carbocycles. The Morgan fingerprint density at radius 3 is 2.65 bits per heavy atom. The van der Waals surface area contributed by atoms with Gasteiger partial charge >= 0.3 is 0 Å². The van der Waals surface area contributed by atoms with E-state index in [-0.39, 0.29) is 18.2 Å². The van der Waals surface area contributed by atoms with Crippen LogP contribution in [0.25, 0.3) is 0 Å². The summed E-state index contributed by atoms with van der Waals surface area (Å²) in [5, 5.41) is 0. The van der Waals surface area contributed by atoms with Crippen molar-refractivity contribution in [3.05, 3.63) is 54.1 Å². The van der Waals surface area contributed by atoms with E-state index < -0.39 is 0 Å². The number of aromatic amines is 1. The molecule has 17 heavy (non-hydrogen) atoms. The summed E-state index contributed by atoms with van der Waals surface area (Å²) in [6.45, 7) is 2.46. The molecule has 0 saturated carbocycles. The standard InChI is InChI=1S/C13H14N2O.ClH/c1-2-13-14-8-9-15(13)10-12(16)11-6-4-3-5-7-11;/h3-9H,2,10H2,1H3;1H. The van der Waals surface area contributed by atoms with Crippen molar-refractivity contribution in [3.63, 3.8) is 0 Å². The molecule has 2 rings (SSSR count). The van der Waals surface area contributed by atoms with Crippen molar-refractivity contribution >= 4 is 5.78 Å². The second-order valence-electron chi connectivity index (χ2n) is 3.68. The number of Topliss-reactive ketones (excluding diaryl/α,β-unsaturated/α-hetero) is 1. The summed E-state index contributed by atoms with van der Waals surface area (Å²) >= 11 is 0. The second kappa shape index (κ2) is 6.21. The number of imidazole rings is 1. The summed E-state index contributed by atoms with van der Waals surface area (Å²) in [5.41, 5.74) is 0.762. The normalized spacial score (nSPS) is 9.71. The van der Waals surface area contributed by atoms with Crippen LogP contribution in [0, 0.1) is 0 Å². The Morgan fingerprint density at radius 1 is 1.29 bits per heavy atom. The zero-order valence-corrected chi connectivity index (χ0v) is 10.4. The van der Waals surface area contributed by atoms with E-state index in [1.807, 2.05) is 47.3 Å². The SMILES string of the molecule is CCc1[nH]cc[n+]1CC(=O)c1ccccc1.[Cl-]. The minimum atomic E-state index is 0. The van der Waals surface area contributed by atoms with E-state index >= 15 is 0 Å². The minimum Gasteiger partial charge on any atom is -1.00 e. The van der Waals surface area contributed by atoms with Gasteiger partial charge in [-0.2, -0.15) is 0 Å². The van der Waals surface area contributed by atoms with Crippen LogP contribution in [0.2, 0.25) is 0 Å². The van der Waals surface area contributed by atoms with E-state index in [4.69, 9.17) is 0 Å². The first-order chi connectivity index (χ1) is 7.81. The van der Waals surface area contributed by atoms with Crippen LogP contribution in [0.1, 0.15) is 23.1 Å². The lowest BCUT2D eigenvalue weighted by atomic mass is 10.1. The summed E-state index contributed by atoms with van der Waals surface area (Å²) in [4.78, 5) is 15.1. The number of H-pyrrole nitrogens is 1. The lowest BCUT2D eigenvalue weighted by molar-refractivity contribution is -0.689. The van der Waals surface area contributed by atoms with E-state index in [0.29, 0.717) is 6.54 Å². The molecule has 1 heterocycles. The average molecular weight is 251 g/mol. The molecule has 0 aliphatic heterocycles. The summed E-state index contributed by atoms with van der Waals surface area (Å²) in [5.74, 6) is 1.21. The van der Waals surface area contributed by atoms with E-state index in [9.17, 15) is 4.79 Å². The summed E-state index contributed by atoms with van der Waals surface area (Å²) in [7, 11) is 0. The smallest absolute Gasteiger partial charge is 0.254 e. The topological polar surface area (TPSA) is 36.7 Å². The highest BCUT2D eigenvalue weighted by Crippen LogP contribution is 2.00. The number of aromatic nitrogens is 2. The van der Waals surface area contributed by atoms with E-state index in [1.54, 1.807) is 0 Å². The fraction of sp³-hybridized carbons (Fsp3) is 0.231. The van der Waals surface area contributed by atoms with Gasteiger partial charge in [0, 0.05) is 12.0 Å². The third kappa shape index (κ3) is 3.17. The molecule has 0 saturated heterocycles. The number of carbonyl (C=O) groups is 1. The maximum Gasteiger partial charge on any atom is 0.254 e. The number of rotatable bonds is 4. The summed E-state index contributed by atoms with van der Waals surface area (Å²) < 4.78 is 1.95. The summed E-state index contributed by atoms with van der Waals surface area (Å²) in [6.07, 6.45) is 4.66. The van der Waals surface area contributed by atoms with Crippen LogP contribution < -0.4 is 17.0 Å². The van der Waals surface area contributed by atoms with Gasteiger partial charge in [0.05, 0.1) is 0 Å². The molecule has 2 aromatic rings. The van der Waals surface area contributed by atoms with Gasteiger partial charge in [-0.15, -0.1) is 0 Å². The van der Waals surface area contributed by atoms with E-state index in [0.717, 1.165) is 17.8 Å². The molecular formula is C13H15ClN2O. The molecule has 0 spiro atoms. The van der Waals surface area contributed by atoms with Crippen molar-refractivity contribution in [1.82, 2.24) is 4.98 Å². The van der Waals surface area contributed by atoms with Crippen molar-refractivity contribution in [2.75, 3.05) is 0 Å². The van der Waals surface area contributed by atoms with Gasteiger partial charge in [-0.05, 0) is 0 Å². The molecule has 90 valence electrons. The Hall–Kier alpha value is -1.61. The number of hydrogen-bond acceptors (Lipinski definition) is 1. The lowest BCUT2D eigenvalue weighted by Gasteiger charge is -1.99. The first-order valence-electron chi connectivity index (χ1n) is 5.45. The molecule has 1 N–H and O–H groups in total. The average Bonchev–Trinajstić information content (AvgIpc) is 2.77. The van der Waals surface area contributed by atoms with Crippen LogP contribution in [0.15, 0.2) is 42.7 Å². The summed E-state index contributed by atoms with van der Waals surface area (Å²) in [6, 6.07) is 9.38. The largest absolute Gasteiger partial charge is 1.00 e. The van der Waals surface area contributed by atoms with Crippen LogP contribution in [0.3, 0.4) is 0 Å². The zero-order valence-electron chi connectivity index (χ0n) is 9.69. The molecule has 0 amide bonds. The molecular weight excluding hydrogens is 236 g/mol. The fourth-order valence-corrected chi connectivity index (χ4v) is 1.72. The van der Waals surface area contributed by atoms with Gasteiger partial charge in [0.1, 0.15) is 12.4 Å². The maximum atomic E-state index is 11.9. The van der Waals surface area contributed by atoms with Crippen molar-refractivity contribution in [2.45, 2.75) is 19.9 Å². The van der Waals surface area contributed by atoms with E-state index in [2.05, 4.69) is 11.9 Å². The molecule has 1 aromatic heterocycles. The number of aryl methyl sites for hydroxylation is 1. The van der Waals surface area contributed by atoms with Gasteiger partial charge in [0.15, 0.2) is 6.54 Å². The second-order valence-corrected chi connectivity index (χ2v) is 3.68. The van der Waals surface area contributed by atoms with Crippen LogP contribution in [0.4, 0.5) is 0 Å².